The van der Waals surface area contributed by atoms with E-state index >= 15 is 0 Å². The molecule has 0 radical (unpaired) electrons. The minimum absolute atomic E-state index is 0.0731. The molecule has 2 aromatic heterocycles. The number of pyridine rings is 1. The second kappa shape index (κ2) is 6.55. The van der Waals surface area contributed by atoms with E-state index in [-0.39, 0.29) is 23.8 Å². The Morgan fingerprint density at radius 3 is 3.04 bits per heavy atom. The van der Waals surface area contributed by atoms with Crippen molar-refractivity contribution in [2.75, 3.05) is 19.7 Å². The van der Waals surface area contributed by atoms with Crippen molar-refractivity contribution in [3.63, 3.8) is 0 Å². The first-order valence-electron chi connectivity index (χ1n) is 8.86. The van der Waals surface area contributed by atoms with Crippen molar-refractivity contribution >= 4 is 5.91 Å². The molecular weight excluding hydrogens is 318 g/mol. The molecule has 3 heterocycles. The summed E-state index contributed by atoms with van der Waals surface area (Å²) in [6.07, 6.45) is 4.31. The van der Waals surface area contributed by atoms with Crippen molar-refractivity contribution in [2.24, 2.45) is 5.92 Å². The zero-order valence-corrected chi connectivity index (χ0v) is 14.6. The Morgan fingerprint density at radius 1 is 1.44 bits per heavy atom. The quantitative estimate of drug-likeness (QED) is 0.920. The first-order chi connectivity index (χ1) is 12.1. The van der Waals surface area contributed by atoms with Crippen molar-refractivity contribution in [1.29, 1.82) is 0 Å². The molecule has 1 saturated carbocycles. The maximum atomic E-state index is 12.8. The lowest BCUT2D eigenvalue weighted by atomic mass is 10.1. The van der Waals surface area contributed by atoms with Crippen LogP contribution in [0.2, 0.25) is 0 Å². The number of hydrogen-bond donors (Lipinski definition) is 1. The lowest BCUT2D eigenvalue weighted by Crippen LogP contribution is -2.43. The van der Waals surface area contributed by atoms with Gasteiger partial charge in [-0.3, -0.25) is 14.9 Å². The summed E-state index contributed by atoms with van der Waals surface area (Å²) in [6.45, 7) is 5.79. The molecule has 25 heavy (non-hydrogen) atoms. The normalized spacial score (nSPS) is 26.0. The van der Waals surface area contributed by atoms with Crippen LogP contribution in [0, 0.1) is 5.92 Å². The highest BCUT2D eigenvalue weighted by Gasteiger charge is 2.46. The van der Waals surface area contributed by atoms with E-state index in [1.54, 1.807) is 6.20 Å². The van der Waals surface area contributed by atoms with E-state index in [4.69, 9.17) is 4.74 Å². The summed E-state index contributed by atoms with van der Waals surface area (Å²) in [4.78, 5) is 23.4. The van der Waals surface area contributed by atoms with Crippen LogP contribution >= 0.6 is 0 Å². The summed E-state index contributed by atoms with van der Waals surface area (Å²) in [5.74, 6) is 2.34. The van der Waals surface area contributed by atoms with E-state index in [0.29, 0.717) is 31.4 Å². The predicted molar refractivity (Wildman–Crippen MR) is 90.8 cm³/mol. The number of H-pyrrole nitrogens is 1. The van der Waals surface area contributed by atoms with Crippen molar-refractivity contribution in [3.8, 4) is 0 Å². The van der Waals surface area contributed by atoms with Gasteiger partial charge >= 0.3 is 0 Å². The van der Waals surface area contributed by atoms with Gasteiger partial charge in [0, 0.05) is 30.8 Å². The summed E-state index contributed by atoms with van der Waals surface area (Å²) in [6, 6.07) is 3.98. The lowest BCUT2D eigenvalue weighted by molar-refractivity contribution is -0.140. The molecule has 0 spiro atoms. The van der Waals surface area contributed by atoms with Gasteiger partial charge in [0.25, 0.3) is 0 Å². The van der Waals surface area contributed by atoms with Crippen molar-refractivity contribution in [2.45, 2.75) is 38.2 Å². The van der Waals surface area contributed by atoms with Crippen LogP contribution in [0.4, 0.5) is 0 Å². The van der Waals surface area contributed by atoms with Gasteiger partial charge in [0.05, 0.1) is 13.2 Å². The number of aromatic nitrogens is 4. The molecule has 0 bridgehead atoms. The highest BCUT2D eigenvalue weighted by molar-refractivity contribution is 5.83. The molecule has 1 amide bonds. The number of ether oxygens (including phenoxy) is 1. The van der Waals surface area contributed by atoms with Crippen LogP contribution in [-0.2, 0) is 9.53 Å². The fraction of sp³-hybridized carbons (Fsp3) is 0.556. The molecule has 7 heteroatoms. The van der Waals surface area contributed by atoms with Gasteiger partial charge in [0.1, 0.15) is 6.10 Å². The SMILES string of the molecule is CC(C)c1n[nH]c([C@@H]2CN(C(=O)[C@@H]3C[C@@H]3c3cccnc3)CCO2)n1. The second-order valence-corrected chi connectivity index (χ2v) is 7.11. The molecular formula is C18H23N5O2. The smallest absolute Gasteiger partial charge is 0.226 e. The number of nitrogens with zero attached hydrogens (tertiary/aromatic N) is 4. The Kier molecular flexibility index (Phi) is 4.25. The van der Waals surface area contributed by atoms with Crippen molar-refractivity contribution in [1.82, 2.24) is 25.1 Å². The first kappa shape index (κ1) is 16.2. The maximum absolute atomic E-state index is 12.8. The highest BCUT2D eigenvalue weighted by atomic mass is 16.5. The minimum Gasteiger partial charge on any atom is -0.367 e. The number of amides is 1. The number of carbonyl (C=O) groups is 1. The molecule has 1 aliphatic heterocycles. The minimum atomic E-state index is -0.228. The number of rotatable bonds is 4. The van der Waals surface area contributed by atoms with Crippen LogP contribution < -0.4 is 0 Å². The second-order valence-electron chi connectivity index (χ2n) is 7.11. The third-order valence-electron chi connectivity index (χ3n) is 4.94. The number of morpholine rings is 1. The van der Waals surface area contributed by atoms with Gasteiger partial charge in [0.2, 0.25) is 5.91 Å². The van der Waals surface area contributed by atoms with Crippen LogP contribution in [-0.4, -0.2) is 50.7 Å². The van der Waals surface area contributed by atoms with Gasteiger partial charge in [-0.05, 0) is 24.0 Å². The van der Waals surface area contributed by atoms with Gasteiger partial charge < -0.3 is 9.64 Å². The average Bonchev–Trinajstić information content (AvgIpc) is 3.29. The number of hydrogen-bond acceptors (Lipinski definition) is 5. The molecule has 4 rings (SSSR count). The summed E-state index contributed by atoms with van der Waals surface area (Å²) >= 11 is 0. The predicted octanol–water partition coefficient (Wildman–Crippen LogP) is 2.03. The standard InChI is InChI=1S/C18H23N5O2/c1-11(2)16-20-17(22-21-16)15-10-23(6-7-25-15)18(24)14-8-13(14)12-4-3-5-19-9-12/h3-5,9,11,13-15H,6-8,10H2,1-2H3,(H,20,21,22)/t13-,14-,15+/m1/s1. The first-order valence-corrected chi connectivity index (χ1v) is 8.86. The third kappa shape index (κ3) is 3.28. The fourth-order valence-corrected chi connectivity index (χ4v) is 3.37. The van der Waals surface area contributed by atoms with E-state index in [1.807, 2.05) is 17.2 Å². The van der Waals surface area contributed by atoms with E-state index in [2.05, 4.69) is 40.1 Å². The van der Waals surface area contributed by atoms with E-state index < -0.39 is 0 Å². The largest absolute Gasteiger partial charge is 0.367 e. The molecule has 0 unspecified atom stereocenters. The third-order valence-corrected chi connectivity index (χ3v) is 4.94. The monoisotopic (exact) mass is 341 g/mol. The van der Waals surface area contributed by atoms with Gasteiger partial charge in [-0.25, -0.2) is 4.98 Å². The van der Waals surface area contributed by atoms with Gasteiger partial charge in [0.15, 0.2) is 11.6 Å². The van der Waals surface area contributed by atoms with Gasteiger partial charge in [-0.15, -0.1) is 0 Å². The molecule has 132 valence electrons. The Hall–Kier alpha value is -2.28. The fourth-order valence-electron chi connectivity index (χ4n) is 3.37. The van der Waals surface area contributed by atoms with Crippen LogP contribution in [0.25, 0.3) is 0 Å². The topological polar surface area (TPSA) is 84.0 Å². The molecule has 0 aromatic carbocycles. The van der Waals surface area contributed by atoms with Crippen molar-refractivity contribution < 1.29 is 9.53 Å². The Labute approximate surface area is 146 Å². The molecule has 1 N–H and O–H groups in total. The van der Waals surface area contributed by atoms with Gasteiger partial charge in [-0.2, -0.15) is 5.10 Å². The summed E-state index contributed by atoms with van der Waals surface area (Å²) in [5.41, 5.74) is 1.16. The molecule has 2 fully saturated rings. The summed E-state index contributed by atoms with van der Waals surface area (Å²) < 4.78 is 5.81. The van der Waals surface area contributed by atoms with Crippen LogP contribution in [0.1, 0.15) is 55.4 Å². The number of carbonyl (C=O) groups excluding carboxylic acids is 1. The number of aromatic amines is 1. The van der Waals surface area contributed by atoms with E-state index in [1.165, 1.54) is 0 Å². The summed E-state index contributed by atoms with van der Waals surface area (Å²) in [5, 5.41) is 7.20. The molecule has 7 nitrogen and oxygen atoms in total. The molecule has 2 aliphatic rings. The summed E-state index contributed by atoms with van der Waals surface area (Å²) in [7, 11) is 0. The number of nitrogens with one attached hydrogen (secondary N) is 1. The Morgan fingerprint density at radius 2 is 2.32 bits per heavy atom. The Bertz CT molecular complexity index is 745. The van der Waals surface area contributed by atoms with E-state index in [9.17, 15) is 4.79 Å². The molecule has 1 saturated heterocycles. The highest BCUT2D eigenvalue weighted by Crippen LogP contribution is 2.48. The lowest BCUT2D eigenvalue weighted by Gasteiger charge is -2.32. The van der Waals surface area contributed by atoms with Crippen molar-refractivity contribution in [3.05, 3.63) is 41.7 Å². The molecule has 2 aromatic rings. The zero-order chi connectivity index (χ0) is 17.4. The maximum Gasteiger partial charge on any atom is 0.226 e. The molecule has 1 aliphatic carbocycles. The van der Waals surface area contributed by atoms with Gasteiger partial charge in [-0.1, -0.05) is 19.9 Å². The average molecular weight is 341 g/mol. The Balaban J connectivity index is 1.40. The van der Waals surface area contributed by atoms with E-state index in [0.717, 1.165) is 17.8 Å². The van der Waals surface area contributed by atoms with Crippen LogP contribution in [0.3, 0.4) is 0 Å². The van der Waals surface area contributed by atoms with Crippen LogP contribution in [0.15, 0.2) is 24.5 Å². The van der Waals surface area contributed by atoms with Crippen LogP contribution in [0.5, 0.6) is 0 Å². The molecule has 3 atom stereocenters. The zero-order valence-electron chi connectivity index (χ0n) is 14.6.